The maximum Gasteiger partial charge on any atom is 0.227 e. The number of piperidine rings is 1. The van der Waals surface area contributed by atoms with Gasteiger partial charge in [0.05, 0.1) is 11.5 Å². The van der Waals surface area contributed by atoms with E-state index in [-0.39, 0.29) is 28.9 Å². The van der Waals surface area contributed by atoms with Crippen molar-refractivity contribution in [3.05, 3.63) is 0 Å². The minimum Gasteiger partial charge on any atom is -0.378 e. The van der Waals surface area contributed by atoms with Gasteiger partial charge >= 0.3 is 0 Å². The van der Waals surface area contributed by atoms with Crippen LogP contribution in [-0.2, 0) is 9.53 Å². The first-order valence-electron chi connectivity index (χ1n) is 8.09. The van der Waals surface area contributed by atoms with Crippen LogP contribution in [0.4, 0.5) is 0 Å². The first-order valence-corrected chi connectivity index (χ1v) is 8.09. The van der Waals surface area contributed by atoms with Crippen molar-refractivity contribution in [3.8, 4) is 0 Å². The maximum absolute atomic E-state index is 12.7. The molecule has 2 N–H and O–H groups in total. The lowest BCUT2D eigenvalue weighted by atomic mass is 9.64. The number of carbonyl (C=O) groups is 1. The SMILES string of the molecule is CCOC1CC(NC(=O)C2(CC)CCCNC2)C1(C)C. The summed E-state index contributed by atoms with van der Waals surface area (Å²) in [5, 5.41) is 6.68. The summed E-state index contributed by atoms with van der Waals surface area (Å²) in [6.07, 6.45) is 4.23. The molecule has 3 atom stereocenters. The number of carbonyl (C=O) groups excluding carboxylic acids is 1. The third-order valence-corrected chi connectivity index (χ3v) is 5.48. The Balaban J connectivity index is 1.95. The van der Waals surface area contributed by atoms with Gasteiger partial charge in [-0.05, 0) is 39.2 Å². The van der Waals surface area contributed by atoms with Gasteiger partial charge in [0, 0.05) is 24.6 Å². The van der Waals surface area contributed by atoms with Gasteiger partial charge in [-0.2, -0.15) is 0 Å². The van der Waals surface area contributed by atoms with E-state index < -0.39 is 0 Å². The smallest absolute Gasteiger partial charge is 0.227 e. The molecule has 2 aliphatic rings. The largest absolute Gasteiger partial charge is 0.378 e. The van der Waals surface area contributed by atoms with E-state index >= 15 is 0 Å². The fourth-order valence-electron chi connectivity index (χ4n) is 3.55. The topological polar surface area (TPSA) is 50.4 Å². The van der Waals surface area contributed by atoms with Crippen molar-refractivity contribution in [2.75, 3.05) is 19.7 Å². The summed E-state index contributed by atoms with van der Waals surface area (Å²) in [5.74, 6) is 0.236. The molecule has 2 fully saturated rings. The molecule has 4 nitrogen and oxygen atoms in total. The lowest BCUT2D eigenvalue weighted by molar-refractivity contribution is -0.145. The highest BCUT2D eigenvalue weighted by Gasteiger charge is 2.51. The van der Waals surface area contributed by atoms with Crippen LogP contribution in [-0.4, -0.2) is 37.7 Å². The van der Waals surface area contributed by atoms with Crippen LogP contribution in [0.1, 0.15) is 53.4 Å². The van der Waals surface area contributed by atoms with E-state index in [0.717, 1.165) is 45.4 Å². The normalized spacial score (nSPS) is 36.2. The average Bonchev–Trinajstić information content (AvgIpc) is 2.46. The van der Waals surface area contributed by atoms with E-state index in [4.69, 9.17) is 4.74 Å². The molecule has 0 aromatic heterocycles. The summed E-state index contributed by atoms with van der Waals surface area (Å²) in [6, 6.07) is 0.247. The zero-order chi connectivity index (χ0) is 14.8. The second-order valence-electron chi connectivity index (χ2n) is 6.94. The van der Waals surface area contributed by atoms with Gasteiger partial charge in [-0.3, -0.25) is 4.79 Å². The highest BCUT2D eigenvalue weighted by atomic mass is 16.5. The molecule has 20 heavy (non-hydrogen) atoms. The predicted octanol–water partition coefficient (Wildman–Crippen LogP) is 2.09. The number of rotatable bonds is 5. The monoisotopic (exact) mass is 282 g/mol. The second-order valence-corrected chi connectivity index (χ2v) is 6.94. The van der Waals surface area contributed by atoms with Crippen molar-refractivity contribution in [2.24, 2.45) is 10.8 Å². The molecule has 1 aliphatic carbocycles. The second kappa shape index (κ2) is 6.02. The maximum atomic E-state index is 12.7. The molecule has 1 heterocycles. The minimum absolute atomic E-state index is 0.0443. The Morgan fingerprint density at radius 1 is 1.40 bits per heavy atom. The van der Waals surface area contributed by atoms with E-state index in [0.29, 0.717) is 0 Å². The Morgan fingerprint density at radius 2 is 2.15 bits per heavy atom. The van der Waals surface area contributed by atoms with Gasteiger partial charge in [0.2, 0.25) is 5.91 Å². The van der Waals surface area contributed by atoms with Crippen molar-refractivity contribution in [1.29, 1.82) is 0 Å². The van der Waals surface area contributed by atoms with Crippen LogP contribution in [0.15, 0.2) is 0 Å². The van der Waals surface area contributed by atoms with Crippen LogP contribution in [0.3, 0.4) is 0 Å². The van der Waals surface area contributed by atoms with Crippen molar-refractivity contribution >= 4 is 5.91 Å². The number of amides is 1. The van der Waals surface area contributed by atoms with Crippen LogP contribution in [0.25, 0.3) is 0 Å². The standard InChI is InChI=1S/C16H30N2O2/c1-5-16(8-7-9-17-11-16)14(19)18-12-10-13(20-6-2)15(12,3)4/h12-13,17H,5-11H2,1-4H3,(H,18,19). The third-order valence-electron chi connectivity index (χ3n) is 5.48. The van der Waals surface area contributed by atoms with Gasteiger partial charge in [0.1, 0.15) is 0 Å². The predicted molar refractivity (Wildman–Crippen MR) is 80.6 cm³/mol. The molecular formula is C16H30N2O2. The fourth-order valence-corrected chi connectivity index (χ4v) is 3.55. The van der Waals surface area contributed by atoms with Crippen LogP contribution in [0.2, 0.25) is 0 Å². The molecule has 0 bridgehead atoms. The first kappa shape index (κ1) is 15.8. The van der Waals surface area contributed by atoms with Gasteiger partial charge in [0.15, 0.2) is 0 Å². The number of hydrogen-bond acceptors (Lipinski definition) is 3. The van der Waals surface area contributed by atoms with Gasteiger partial charge in [-0.1, -0.05) is 20.8 Å². The summed E-state index contributed by atoms with van der Waals surface area (Å²) in [5.41, 5.74) is -0.159. The number of ether oxygens (including phenoxy) is 1. The lowest BCUT2D eigenvalue weighted by Gasteiger charge is -2.52. The van der Waals surface area contributed by atoms with E-state index in [1.54, 1.807) is 0 Å². The Kier molecular flexibility index (Phi) is 4.75. The lowest BCUT2D eigenvalue weighted by Crippen LogP contribution is -2.64. The molecule has 4 heteroatoms. The minimum atomic E-state index is -0.203. The van der Waals surface area contributed by atoms with Gasteiger partial charge in [-0.15, -0.1) is 0 Å². The van der Waals surface area contributed by atoms with Crippen molar-refractivity contribution in [2.45, 2.75) is 65.5 Å². The summed E-state index contributed by atoms with van der Waals surface area (Å²) in [4.78, 5) is 12.7. The highest BCUT2D eigenvalue weighted by Crippen LogP contribution is 2.43. The molecule has 1 saturated carbocycles. The molecule has 3 unspecified atom stereocenters. The van der Waals surface area contributed by atoms with Gasteiger partial charge in [0.25, 0.3) is 0 Å². The molecule has 1 amide bonds. The molecule has 0 aromatic carbocycles. The van der Waals surface area contributed by atoms with Gasteiger partial charge < -0.3 is 15.4 Å². The first-order chi connectivity index (χ1) is 9.46. The molecule has 1 saturated heterocycles. The van der Waals surface area contributed by atoms with Gasteiger partial charge in [-0.25, -0.2) is 0 Å². The molecule has 116 valence electrons. The van der Waals surface area contributed by atoms with Crippen LogP contribution in [0, 0.1) is 10.8 Å². The molecule has 1 aliphatic heterocycles. The Hall–Kier alpha value is -0.610. The molecule has 0 spiro atoms. The quantitative estimate of drug-likeness (QED) is 0.812. The number of hydrogen-bond donors (Lipinski definition) is 2. The summed E-state index contributed by atoms with van der Waals surface area (Å²) in [7, 11) is 0. The van der Waals surface area contributed by atoms with Crippen molar-refractivity contribution in [3.63, 3.8) is 0 Å². The van der Waals surface area contributed by atoms with Crippen LogP contribution < -0.4 is 10.6 Å². The fraction of sp³-hybridized carbons (Fsp3) is 0.938. The molecule has 0 radical (unpaired) electrons. The summed E-state index contributed by atoms with van der Waals surface area (Å²) < 4.78 is 5.74. The molecule has 0 aromatic rings. The molecular weight excluding hydrogens is 252 g/mol. The summed E-state index contributed by atoms with van der Waals surface area (Å²) in [6.45, 7) is 11.1. The zero-order valence-electron chi connectivity index (χ0n) is 13.4. The Morgan fingerprint density at radius 3 is 2.65 bits per heavy atom. The van der Waals surface area contributed by atoms with E-state index in [1.165, 1.54) is 0 Å². The Labute approximate surface area is 123 Å². The third kappa shape index (κ3) is 2.73. The van der Waals surface area contributed by atoms with E-state index in [9.17, 15) is 4.79 Å². The van der Waals surface area contributed by atoms with Crippen LogP contribution in [0.5, 0.6) is 0 Å². The number of nitrogens with one attached hydrogen (secondary N) is 2. The highest BCUT2D eigenvalue weighted by molar-refractivity contribution is 5.83. The average molecular weight is 282 g/mol. The Bertz CT molecular complexity index is 348. The van der Waals surface area contributed by atoms with E-state index in [2.05, 4.69) is 31.4 Å². The summed E-state index contributed by atoms with van der Waals surface area (Å²) >= 11 is 0. The van der Waals surface area contributed by atoms with Crippen LogP contribution >= 0.6 is 0 Å². The molecule has 2 rings (SSSR count). The zero-order valence-corrected chi connectivity index (χ0v) is 13.4. The van der Waals surface area contributed by atoms with Crippen molar-refractivity contribution < 1.29 is 9.53 Å². The van der Waals surface area contributed by atoms with Crippen molar-refractivity contribution in [1.82, 2.24) is 10.6 Å². The van der Waals surface area contributed by atoms with E-state index in [1.807, 2.05) is 6.92 Å².